The van der Waals surface area contributed by atoms with Crippen molar-refractivity contribution < 1.29 is 14.1 Å². The van der Waals surface area contributed by atoms with E-state index in [0.29, 0.717) is 32.0 Å². The van der Waals surface area contributed by atoms with Crippen LogP contribution in [0.3, 0.4) is 0 Å². The highest BCUT2D eigenvalue weighted by Gasteiger charge is 2.18. The van der Waals surface area contributed by atoms with Gasteiger partial charge in [0.25, 0.3) is 11.6 Å². The van der Waals surface area contributed by atoms with Crippen molar-refractivity contribution in [3.63, 3.8) is 0 Å². The van der Waals surface area contributed by atoms with Crippen molar-refractivity contribution in [1.82, 2.24) is 5.43 Å². The molecule has 0 fully saturated rings. The Kier molecular flexibility index (Phi) is 5.76. The van der Waals surface area contributed by atoms with Gasteiger partial charge in [0.2, 0.25) is 0 Å². The highest BCUT2D eigenvalue weighted by Crippen LogP contribution is 2.32. The Balaban J connectivity index is 1.72. The zero-order valence-electron chi connectivity index (χ0n) is 14.8. The zero-order valence-corrected chi connectivity index (χ0v) is 17.2. The molecule has 2 aromatic heterocycles. The fraction of sp³-hybridized carbons (Fsp3) is 0.0556. The van der Waals surface area contributed by atoms with Gasteiger partial charge in [-0.25, -0.2) is 5.43 Å². The third-order valence-electron chi connectivity index (χ3n) is 3.91. The predicted molar refractivity (Wildman–Crippen MR) is 112 cm³/mol. The van der Waals surface area contributed by atoms with Gasteiger partial charge in [-0.1, -0.05) is 0 Å². The average Bonchev–Trinajstić information content (AvgIpc) is 3.25. The van der Waals surface area contributed by atoms with Gasteiger partial charge in [0.05, 0.1) is 16.7 Å². The minimum atomic E-state index is -0.486. The Morgan fingerprint density at radius 3 is 2.83 bits per heavy atom. The molecule has 2 heterocycles. The number of thiophene rings is 1. The first-order valence-corrected chi connectivity index (χ1v) is 9.59. The second-order valence-corrected chi connectivity index (χ2v) is 7.64. The van der Waals surface area contributed by atoms with E-state index in [1.807, 2.05) is 6.07 Å². The maximum atomic E-state index is 12.2. The number of halogens is 1. The minimum Gasteiger partial charge on any atom is -0.455 e. The summed E-state index contributed by atoms with van der Waals surface area (Å²) in [6.07, 6.45) is 1.32. The van der Waals surface area contributed by atoms with Crippen molar-refractivity contribution >= 4 is 50.1 Å². The SMILES string of the molecule is Cc1c(C(=O)N/N=C\c2ccc(-c3ccc([N+](=O)[O-])cc3Br)o2)sc(N)c1C#N. The van der Waals surface area contributed by atoms with Crippen molar-refractivity contribution in [1.29, 1.82) is 5.26 Å². The number of hydrogen-bond donors (Lipinski definition) is 2. The van der Waals surface area contributed by atoms with Crippen LogP contribution in [0.2, 0.25) is 0 Å². The lowest BCUT2D eigenvalue weighted by atomic mass is 10.1. The number of hydrogen-bond acceptors (Lipinski definition) is 8. The zero-order chi connectivity index (χ0) is 21.1. The number of nitro benzene ring substituents is 1. The van der Waals surface area contributed by atoms with Crippen molar-refractivity contribution in [2.24, 2.45) is 5.10 Å². The van der Waals surface area contributed by atoms with Gasteiger partial charge in [-0.15, -0.1) is 11.3 Å². The lowest BCUT2D eigenvalue weighted by molar-refractivity contribution is -0.384. The number of amides is 1. The topological polar surface area (TPSA) is 148 Å². The monoisotopic (exact) mass is 473 g/mol. The van der Waals surface area contributed by atoms with Gasteiger partial charge in [0, 0.05) is 22.2 Å². The van der Waals surface area contributed by atoms with Crippen LogP contribution >= 0.6 is 27.3 Å². The molecule has 11 heteroatoms. The van der Waals surface area contributed by atoms with Crippen molar-refractivity contribution in [2.75, 3.05) is 5.73 Å². The lowest BCUT2D eigenvalue weighted by Crippen LogP contribution is -2.17. The number of nitrogens with one attached hydrogen (secondary N) is 1. The molecule has 9 nitrogen and oxygen atoms in total. The third-order valence-corrected chi connectivity index (χ3v) is 5.68. The van der Waals surface area contributed by atoms with E-state index in [4.69, 9.17) is 15.4 Å². The van der Waals surface area contributed by atoms with Crippen molar-refractivity contribution in [3.8, 4) is 17.4 Å². The number of carbonyl (C=O) groups is 1. The van der Waals surface area contributed by atoms with Crippen LogP contribution in [0.4, 0.5) is 10.7 Å². The second-order valence-electron chi connectivity index (χ2n) is 5.73. The first kappa shape index (κ1) is 20.2. The van der Waals surface area contributed by atoms with Crippen LogP contribution in [0.25, 0.3) is 11.3 Å². The molecule has 3 N–H and O–H groups in total. The number of carbonyl (C=O) groups excluding carboxylic acids is 1. The van der Waals surface area contributed by atoms with Crippen molar-refractivity contribution in [3.05, 3.63) is 66.7 Å². The summed E-state index contributed by atoms with van der Waals surface area (Å²) in [6, 6.07) is 9.61. The number of nitrogen functional groups attached to an aromatic ring is 1. The normalized spacial score (nSPS) is 10.8. The number of nitro groups is 1. The number of benzene rings is 1. The number of nitrogens with two attached hydrogens (primary N) is 1. The quantitative estimate of drug-likeness (QED) is 0.322. The number of furan rings is 1. The third kappa shape index (κ3) is 4.18. The smallest absolute Gasteiger partial charge is 0.281 e. The van der Waals surface area contributed by atoms with Crippen molar-refractivity contribution in [2.45, 2.75) is 6.92 Å². The largest absolute Gasteiger partial charge is 0.455 e. The molecule has 146 valence electrons. The molecule has 0 aliphatic heterocycles. The Morgan fingerprint density at radius 1 is 1.45 bits per heavy atom. The van der Waals surface area contributed by atoms with Crippen LogP contribution in [0.5, 0.6) is 0 Å². The van der Waals surface area contributed by atoms with E-state index < -0.39 is 10.8 Å². The van der Waals surface area contributed by atoms with Crippen LogP contribution in [0, 0.1) is 28.4 Å². The summed E-state index contributed by atoms with van der Waals surface area (Å²) in [4.78, 5) is 22.9. The Labute approximate surface area is 176 Å². The number of anilines is 1. The molecule has 0 atom stereocenters. The summed E-state index contributed by atoms with van der Waals surface area (Å²) in [6.45, 7) is 1.64. The summed E-state index contributed by atoms with van der Waals surface area (Å²) in [5.41, 5.74) is 9.48. The van der Waals surface area contributed by atoms with Crippen LogP contribution in [-0.2, 0) is 0 Å². The lowest BCUT2D eigenvalue weighted by Gasteiger charge is -2.00. The Hall–Kier alpha value is -3.49. The fourth-order valence-corrected chi connectivity index (χ4v) is 3.96. The molecular formula is C18H12BrN5O4S. The van der Waals surface area contributed by atoms with E-state index in [0.717, 1.165) is 11.3 Å². The van der Waals surface area contributed by atoms with Gasteiger partial charge < -0.3 is 10.2 Å². The molecule has 0 radical (unpaired) electrons. The molecule has 1 amide bonds. The van der Waals surface area contributed by atoms with E-state index in [2.05, 4.69) is 26.5 Å². The molecule has 0 unspecified atom stereocenters. The van der Waals surface area contributed by atoms with Gasteiger partial charge in [-0.3, -0.25) is 14.9 Å². The first-order chi connectivity index (χ1) is 13.8. The highest BCUT2D eigenvalue weighted by molar-refractivity contribution is 9.10. The highest BCUT2D eigenvalue weighted by atomic mass is 79.9. The van der Waals surface area contributed by atoms with Crippen LogP contribution in [0.15, 0.2) is 44.3 Å². The summed E-state index contributed by atoms with van der Waals surface area (Å²) < 4.78 is 6.15. The van der Waals surface area contributed by atoms with Gasteiger partial charge in [-0.2, -0.15) is 10.4 Å². The molecule has 0 aliphatic rings. The first-order valence-electron chi connectivity index (χ1n) is 7.98. The molecule has 0 spiro atoms. The number of nitriles is 1. The molecule has 29 heavy (non-hydrogen) atoms. The van der Waals surface area contributed by atoms with E-state index >= 15 is 0 Å². The van der Waals surface area contributed by atoms with E-state index in [1.165, 1.54) is 18.3 Å². The molecule has 0 saturated carbocycles. The second kappa shape index (κ2) is 8.26. The molecule has 0 saturated heterocycles. The summed E-state index contributed by atoms with van der Waals surface area (Å²) in [5.74, 6) is 0.354. The van der Waals surface area contributed by atoms with Gasteiger partial charge in [0.1, 0.15) is 27.5 Å². The van der Waals surface area contributed by atoms with Gasteiger partial charge in [0.15, 0.2) is 0 Å². The van der Waals surface area contributed by atoms with Gasteiger partial charge in [-0.05, 0) is 46.6 Å². The molecule has 0 aliphatic carbocycles. The molecule has 1 aromatic carbocycles. The number of hydrazone groups is 1. The summed E-state index contributed by atoms with van der Waals surface area (Å²) in [7, 11) is 0. The predicted octanol–water partition coefficient (Wildman–Crippen LogP) is 4.21. The average molecular weight is 474 g/mol. The number of non-ortho nitro benzene ring substituents is 1. The standard InChI is InChI=1S/C18H12BrN5O4S/c1-9-13(7-20)17(21)29-16(9)18(25)23-22-8-11-3-5-15(28-11)12-4-2-10(24(26)27)6-14(12)19/h2-6,8H,21H2,1H3,(H,23,25)/b22-8-. The number of rotatable bonds is 5. The number of nitrogens with zero attached hydrogens (tertiary/aromatic N) is 3. The molecule has 0 bridgehead atoms. The Bertz CT molecular complexity index is 1190. The molecule has 3 aromatic rings. The minimum absolute atomic E-state index is 0.0410. The maximum absolute atomic E-state index is 12.2. The fourth-order valence-electron chi connectivity index (χ4n) is 2.48. The van der Waals surface area contributed by atoms with E-state index in [-0.39, 0.29) is 16.3 Å². The molecular weight excluding hydrogens is 462 g/mol. The molecule has 3 rings (SSSR count). The summed E-state index contributed by atoms with van der Waals surface area (Å²) >= 11 is 4.31. The maximum Gasteiger partial charge on any atom is 0.281 e. The van der Waals surface area contributed by atoms with Crippen LogP contribution in [0.1, 0.15) is 26.6 Å². The van der Waals surface area contributed by atoms with Gasteiger partial charge >= 0.3 is 0 Å². The van der Waals surface area contributed by atoms with Crippen LogP contribution < -0.4 is 11.2 Å². The van der Waals surface area contributed by atoms with E-state index in [1.54, 1.807) is 25.1 Å². The van der Waals surface area contributed by atoms with Crippen LogP contribution in [-0.4, -0.2) is 17.0 Å². The summed E-state index contributed by atoms with van der Waals surface area (Å²) in [5, 5.41) is 24.0. The Morgan fingerprint density at radius 2 is 2.21 bits per heavy atom. The van der Waals surface area contributed by atoms with E-state index in [9.17, 15) is 14.9 Å².